The Morgan fingerprint density at radius 2 is 2.22 bits per heavy atom. The van der Waals surface area contributed by atoms with Crippen LogP contribution < -0.4 is 16.8 Å². The Labute approximate surface area is 105 Å². The van der Waals surface area contributed by atoms with Crippen molar-refractivity contribution in [3.8, 4) is 0 Å². The number of nitrogen functional groups attached to an aromatic ring is 1. The monoisotopic (exact) mass is 247 g/mol. The van der Waals surface area contributed by atoms with Gasteiger partial charge in [0.15, 0.2) is 0 Å². The van der Waals surface area contributed by atoms with Crippen LogP contribution in [0.1, 0.15) is 29.6 Å². The van der Waals surface area contributed by atoms with E-state index >= 15 is 0 Å². The summed E-state index contributed by atoms with van der Waals surface area (Å²) in [6.45, 7) is 0. The Morgan fingerprint density at radius 1 is 1.39 bits per heavy atom. The van der Waals surface area contributed by atoms with Gasteiger partial charge in [-0.2, -0.15) is 0 Å². The zero-order valence-electron chi connectivity index (χ0n) is 10.1. The average Bonchev–Trinajstić information content (AvgIpc) is 2.90. The molecule has 1 aromatic carbocycles. The highest BCUT2D eigenvalue weighted by molar-refractivity contribution is 5.99. The lowest BCUT2D eigenvalue weighted by atomic mass is 9.95. The number of fused-ring (bicyclic) bond motifs is 2. The van der Waals surface area contributed by atoms with Crippen LogP contribution in [0.15, 0.2) is 18.2 Å². The molecule has 0 aliphatic carbocycles. The van der Waals surface area contributed by atoms with Gasteiger partial charge in [0.2, 0.25) is 0 Å². The molecule has 18 heavy (non-hydrogen) atoms. The fourth-order valence-electron chi connectivity index (χ4n) is 2.89. The average molecular weight is 247 g/mol. The molecule has 3 rings (SSSR count). The standard InChI is InChI=1S/C13H17N3O2/c14-7-1-3-9(13(15)17)10(5-7)16-11-6-8-2-4-12(11)18-8/h1,3,5,8,11-12,16H,2,4,6,14H2,(H2,15,17). The van der Waals surface area contributed by atoms with E-state index < -0.39 is 5.91 Å². The van der Waals surface area contributed by atoms with Gasteiger partial charge in [-0.05, 0) is 37.5 Å². The molecule has 2 heterocycles. The predicted molar refractivity (Wildman–Crippen MR) is 69.3 cm³/mol. The number of hydrogen-bond donors (Lipinski definition) is 3. The first-order chi connectivity index (χ1) is 8.63. The van der Waals surface area contributed by atoms with Crippen LogP contribution in [0.3, 0.4) is 0 Å². The van der Waals surface area contributed by atoms with E-state index in [2.05, 4.69) is 5.32 Å². The molecule has 0 radical (unpaired) electrons. The molecule has 5 N–H and O–H groups in total. The third-order valence-corrected chi connectivity index (χ3v) is 3.76. The number of primary amides is 1. The number of carbonyl (C=O) groups is 1. The lowest BCUT2D eigenvalue weighted by Gasteiger charge is -2.22. The number of carbonyl (C=O) groups excluding carboxylic acids is 1. The van der Waals surface area contributed by atoms with E-state index in [1.807, 2.05) is 0 Å². The first kappa shape index (κ1) is 11.3. The number of amides is 1. The fraction of sp³-hybridized carbons (Fsp3) is 0.462. The second kappa shape index (κ2) is 4.17. The van der Waals surface area contributed by atoms with E-state index in [0.717, 1.165) is 19.3 Å². The maximum absolute atomic E-state index is 11.4. The van der Waals surface area contributed by atoms with Gasteiger partial charge in [-0.15, -0.1) is 0 Å². The van der Waals surface area contributed by atoms with E-state index in [-0.39, 0.29) is 12.1 Å². The summed E-state index contributed by atoms with van der Waals surface area (Å²) in [7, 11) is 0. The summed E-state index contributed by atoms with van der Waals surface area (Å²) < 4.78 is 5.78. The Kier molecular flexibility index (Phi) is 2.63. The molecular weight excluding hydrogens is 230 g/mol. The quantitative estimate of drug-likeness (QED) is 0.698. The summed E-state index contributed by atoms with van der Waals surface area (Å²) in [4.78, 5) is 11.4. The van der Waals surface area contributed by atoms with Crippen LogP contribution in [0.2, 0.25) is 0 Å². The molecule has 1 aromatic rings. The molecule has 2 fully saturated rings. The predicted octanol–water partition coefficient (Wildman–Crippen LogP) is 1.10. The first-order valence-corrected chi connectivity index (χ1v) is 6.25. The number of nitrogens with one attached hydrogen (secondary N) is 1. The minimum Gasteiger partial charge on any atom is -0.399 e. The zero-order chi connectivity index (χ0) is 12.7. The third-order valence-electron chi connectivity index (χ3n) is 3.76. The number of benzene rings is 1. The van der Waals surface area contributed by atoms with Crippen molar-refractivity contribution < 1.29 is 9.53 Å². The summed E-state index contributed by atoms with van der Waals surface area (Å²) in [5.41, 5.74) is 12.9. The van der Waals surface area contributed by atoms with Crippen molar-refractivity contribution in [3.63, 3.8) is 0 Å². The molecule has 5 nitrogen and oxygen atoms in total. The van der Waals surface area contributed by atoms with Crippen LogP contribution in [-0.2, 0) is 4.74 Å². The first-order valence-electron chi connectivity index (χ1n) is 6.25. The Hall–Kier alpha value is -1.75. The molecule has 0 aromatic heterocycles. The van der Waals surface area contributed by atoms with Crippen LogP contribution in [0.25, 0.3) is 0 Å². The van der Waals surface area contributed by atoms with Gasteiger partial charge >= 0.3 is 0 Å². The zero-order valence-corrected chi connectivity index (χ0v) is 10.1. The van der Waals surface area contributed by atoms with Gasteiger partial charge < -0.3 is 21.5 Å². The van der Waals surface area contributed by atoms with E-state index in [9.17, 15) is 4.79 Å². The highest BCUT2D eigenvalue weighted by Crippen LogP contribution is 2.36. The molecule has 2 aliphatic heterocycles. The molecule has 2 aliphatic rings. The minimum absolute atomic E-state index is 0.247. The number of ether oxygens (including phenoxy) is 1. The summed E-state index contributed by atoms with van der Waals surface area (Å²) in [5, 5.41) is 3.36. The Balaban J connectivity index is 1.83. The number of nitrogens with two attached hydrogens (primary N) is 2. The molecule has 5 heteroatoms. The molecular formula is C13H17N3O2. The van der Waals surface area contributed by atoms with Crippen LogP contribution in [0.5, 0.6) is 0 Å². The second-order valence-corrected chi connectivity index (χ2v) is 5.03. The maximum atomic E-state index is 11.4. The van der Waals surface area contributed by atoms with Crippen molar-refractivity contribution in [1.82, 2.24) is 0 Å². The van der Waals surface area contributed by atoms with Gasteiger partial charge in [-0.1, -0.05) is 0 Å². The molecule has 0 saturated carbocycles. The molecule has 96 valence electrons. The fourth-order valence-corrected chi connectivity index (χ4v) is 2.89. The summed E-state index contributed by atoms with van der Waals surface area (Å²) in [6, 6.07) is 5.35. The van der Waals surface area contributed by atoms with E-state index in [1.165, 1.54) is 0 Å². The Morgan fingerprint density at radius 3 is 2.83 bits per heavy atom. The Bertz CT molecular complexity index is 489. The van der Waals surface area contributed by atoms with Gasteiger partial charge in [-0.25, -0.2) is 0 Å². The topological polar surface area (TPSA) is 90.4 Å². The molecule has 2 saturated heterocycles. The molecule has 1 amide bonds. The van der Waals surface area contributed by atoms with Crippen molar-refractivity contribution in [2.45, 2.75) is 37.5 Å². The molecule has 3 atom stereocenters. The van der Waals surface area contributed by atoms with Gasteiger partial charge in [0.1, 0.15) is 0 Å². The van der Waals surface area contributed by atoms with Crippen molar-refractivity contribution in [3.05, 3.63) is 23.8 Å². The maximum Gasteiger partial charge on any atom is 0.250 e. The molecule has 0 spiro atoms. The van der Waals surface area contributed by atoms with E-state index in [0.29, 0.717) is 23.0 Å². The summed E-state index contributed by atoms with van der Waals surface area (Å²) >= 11 is 0. The third kappa shape index (κ3) is 1.90. The second-order valence-electron chi connectivity index (χ2n) is 5.03. The van der Waals surface area contributed by atoms with Gasteiger partial charge in [0, 0.05) is 11.4 Å². The van der Waals surface area contributed by atoms with Crippen molar-refractivity contribution in [2.24, 2.45) is 5.73 Å². The normalized spacial score (nSPS) is 29.4. The molecule has 3 unspecified atom stereocenters. The van der Waals surface area contributed by atoms with Gasteiger partial charge in [0.05, 0.1) is 23.8 Å². The van der Waals surface area contributed by atoms with E-state index in [4.69, 9.17) is 16.2 Å². The van der Waals surface area contributed by atoms with Gasteiger partial charge in [-0.3, -0.25) is 4.79 Å². The lowest BCUT2D eigenvalue weighted by molar-refractivity contribution is 0.0997. The number of anilines is 2. The number of rotatable bonds is 3. The minimum atomic E-state index is -0.443. The summed E-state index contributed by atoms with van der Waals surface area (Å²) in [6.07, 6.45) is 3.82. The van der Waals surface area contributed by atoms with Crippen LogP contribution in [0.4, 0.5) is 11.4 Å². The van der Waals surface area contributed by atoms with Crippen molar-refractivity contribution in [1.29, 1.82) is 0 Å². The van der Waals surface area contributed by atoms with Crippen LogP contribution in [0, 0.1) is 0 Å². The van der Waals surface area contributed by atoms with Crippen LogP contribution >= 0.6 is 0 Å². The smallest absolute Gasteiger partial charge is 0.250 e. The highest BCUT2D eigenvalue weighted by atomic mass is 16.5. The molecule has 2 bridgehead atoms. The van der Waals surface area contributed by atoms with E-state index in [1.54, 1.807) is 18.2 Å². The van der Waals surface area contributed by atoms with Crippen LogP contribution in [-0.4, -0.2) is 24.2 Å². The van der Waals surface area contributed by atoms with Crippen molar-refractivity contribution >= 4 is 17.3 Å². The SMILES string of the molecule is NC(=O)c1ccc(N)cc1NC1CC2CCC1O2. The van der Waals surface area contributed by atoms with Gasteiger partial charge in [0.25, 0.3) is 5.91 Å². The number of hydrogen-bond acceptors (Lipinski definition) is 4. The van der Waals surface area contributed by atoms with Crippen molar-refractivity contribution in [2.75, 3.05) is 11.1 Å². The summed E-state index contributed by atoms with van der Waals surface area (Å²) in [5.74, 6) is -0.443. The highest BCUT2D eigenvalue weighted by Gasteiger charge is 2.40. The lowest BCUT2D eigenvalue weighted by Crippen LogP contribution is -2.31. The largest absolute Gasteiger partial charge is 0.399 e.